The number of nitrogens with one attached hydrogen (secondary N) is 1. The van der Waals surface area contributed by atoms with Gasteiger partial charge in [-0.1, -0.05) is 78.3 Å². The molecule has 10 nitrogen and oxygen atoms in total. The number of halogens is 1. The van der Waals surface area contributed by atoms with Crippen LogP contribution in [0.15, 0.2) is 97.1 Å². The first-order valence-electron chi connectivity index (χ1n) is 15.6. The SMILES string of the molecule is CCOC(=O)C(COC(=O)Cc1ccc(NC(=O)c2ccccc2-c2ccc(Cl)cc2)c(C(=O)N(C)C)c1)(C(=O)OCC)c1ccccc1. The Morgan fingerprint density at radius 3 is 1.96 bits per heavy atom. The van der Waals surface area contributed by atoms with E-state index in [4.69, 9.17) is 25.8 Å². The molecule has 0 saturated heterocycles. The zero-order valence-electron chi connectivity index (χ0n) is 27.7. The van der Waals surface area contributed by atoms with Crippen LogP contribution in [0.25, 0.3) is 11.1 Å². The number of carbonyl (C=O) groups excluding carboxylic acids is 5. The Hall–Kier alpha value is -5.48. The quantitative estimate of drug-likeness (QED) is 0.102. The number of hydrogen-bond acceptors (Lipinski definition) is 8. The van der Waals surface area contributed by atoms with Crippen molar-refractivity contribution in [3.05, 3.63) is 124 Å². The van der Waals surface area contributed by atoms with Crippen LogP contribution in [-0.4, -0.2) is 68.5 Å². The summed E-state index contributed by atoms with van der Waals surface area (Å²) in [4.78, 5) is 68.0. The topological polar surface area (TPSA) is 128 Å². The average molecular weight is 685 g/mol. The lowest BCUT2D eigenvalue weighted by Gasteiger charge is -2.29. The van der Waals surface area contributed by atoms with E-state index in [0.717, 1.165) is 5.56 Å². The molecule has 0 spiro atoms. The fourth-order valence-corrected chi connectivity index (χ4v) is 5.26. The fourth-order valence-electron chi connectivity index (χ4n) is 5.14. The fraction of sp³-hybridized carbons (Fsp3) is 0.237. The van der Waals surface area contributed by atoms with Gasteiger partial charge in [0.1, 0.15) is 6.61 Å². The van der Waals surface area contributed by atoms with Crippen LogP contribution in [0.3, 0.4) is 0 Å². The minimum Gasteiger partial charge on any atom is -0.465 e. The molecule has 4 rings (SSSR count). The van der Waals surface area contributed by atoms with Gasteiger partial charge in [-0.05, 0) is 66.4 Å². The molecule has 0 bridgehead atoms. The third-order valence-corrected chi connectivity index (χ3v) is 7.86. The zero-order valence-corrected chi connectivity index (χ0v) is 28.4. The van der Waals surface area contributed by atoms with Gasteiger partial charge in [-0.15, -0.1) is 0 Å². The van der Waals surface area contributed by atoms with E-state index < -0.39 is 41.7 Å². The van der Waals surface area contributed by atoms with Gasteiger partial charge >= 0.3 is 17.9 Å². The second-order valence-corrected chi connectivity index (χ2v) is 11.6. The highest BCUT2D eigenvalue weighted by molar-refractivity contribution is 6.30. The number of nitrogens with zero attached hydrogens (tertiary/aromatic N) is 1. The van der Waals surface area contributed by atoms with Crippen LogP contribution < -0.4 is 5.32 Å². The number of amides is 2. The molecule has 1 N–H and O–H groups in total. The lowest BCUT2D eigenvalue weighted by atomic mass is 9.81. The molecule has 0 aliphatic carbocycles. The van der Waals surface area contributed by atoms with Crippen molar-refractivity contribution < 1.29 is 38.2 Å². The number of hydrogen-bond donors (Lipinski definition) is 1. The standard InChI is InChI=1S/C38H37ClN2O8/c1-5-47-36(45)38(37(46)48-6-2,27-12-8-7-9-13-27)24-49-33(42)23-25-16-21-32(31(22-25)35(44)41(3)4)40-34(43)30-15-11-10-14-29(30)26-17-19-28(39)20-18-26/h7-22H,5-6,23-24H2,1-4H3,(H,40,43). The van der Waals surface area contributed by atoms with Crippen molar-refractivity contribution in [1.82, 2.24) is 4.90 Å². The summed E-state index contributed by atoms with van der Waals surface area (Å²) < 4.78 is 16.0. The third kappa shape index (κ3) is 8.52. The van der Waals surface area contributed by atoms with E-state index in [1.807, 2.05) is 24.3 Å². The number of anilines is 1. The molecule has 4 aromatic carbocycles. The van der Waals surface area contributed by atoms with Crippen LogP contribution in [0.2, 0.25) is 5.02 Å². The van der Waals surface area contributed by atoms with Crippen molar-refractivity contribution in [3.63, 3.8) is 0 Å². The minimum absolute atomic E-state index is 0.0148. The van der Waals surface area contributed by atoms with Gasteiger partial charge in [0.05, 0.1) is 30.9 Å². The molecule has 0 unspecified atom stereocenters. The Labute approximate surface area is 289 Å². The average Bonchev–Trinajstić information content (AvgIpc) is 3.10. The van der Waals surface area contributed by atoms with Gasteiger partial charge < -0.3 is 24.4 Å². The summed E-state index contributed by atoms with van der Waals surface area (Å²) in [7, 11) is 3.14. The van der Waals surface area contributed by atoms with Crippen LogP contribution in [0, 0.1) is 0 Å². The molecule has 11 heteroatoms. The summed E-state index contributed by atoms with van der Waals surface area (Å²) in [5.41, 5.74) is 0.813. The molecular formula is C38H37ClN2O8. The van der Waals surface area contributed by atoms with Gasteiger partial charge in [0, 0.05) is 24.7 Å². The van der Waals surface area contributed by atoms with Gasteiger partial charge in [-0.2, -0.15) is 0 Å². The molecule has 4 aromatic rings. The van der Waals surface area contributed by atoms with Gasteiger partial charge in [-0.3, -0.25) is 24.0 Å². The first kappa shape index (κ1) is 36.4. The molecular weight excluding hydrogens is 648 g/mol. The van der Waals surface area contributed by atoms with E-state index in [2.05, 4.69) is 5.32 Å². The lowest BCUT2D eigenvalue weighted by Crippen LogP contribution is -2.50. The maximum atomic E-state index is 13.6. The number of carbonyl (C=O) groups is 5. The van der Waals surface area contributed by atoms with Crippen molar-refractivity contribution in [2.24, 2.45) is 0 Å². The summed E-state index contributed by atoms with van der Waals surface area (Å²) in [6.45, 7) is 2.50. The molecule has 0 saturated carbocycles. The molecule has 0 aliphatic rings. The molecule has 254 valence electrons. The van der Waals surface area contributed by atoms with Crippen LogP contribution in [-0.2, 0) is 40.4 Å². The molecule has 0 fully saturated rings. The molecule has 0 heterocycles. The molecule has 2 amide bonds. The van der Waals surface area contributed by atoms with E-state index in [0.29, 0.717) is 21.7 Å². The highest BCUT2D eigenvalue weighted by atomic mass is 35.5. The predicted octanol–water partition coefficient (Wildman–Crippen LogP) is 6.11. The second-order valence-electron chi connectivity index (χ2n) is 11.1. The molecule has 0 radical (unpaired) electrons. The maximum absolute atomic E-state index is 13.6. The number of ether oxygens (including phenoxy) is 3. The molecule has 0 aliphatic heterocycles. The largest absolute Gasteiger partial charge is 0.465 e. The van der Waals surface area contributed by atoms with Crippen molar-refractivity contribution >= 4 is 47.0 Å². The Morgan fingerprint density at radius 2 is 1.35 bits per heavy atom. The van der Waals surface area contributed by atoms with Crippen LogP contribution in [0.1, 0.15) is 45.7 Å². The van der Waals surface area contributed by atoms with Crippen molar-refractivity contribution in [1.29, 1.82) is 0 Å². The third-order valence-electron chi connectivity index (χ3n) is 7.61. The van der Waals surface area contributed by atoms with Crippen LogP contribution in [0.4, 0.5) is 5.69 Å². The molecule has 0 atom stereocenters. The zero-order chi connectivity index (χ0) is 35.6. The molecule has 0 aromatic heterocycles. The first-order valence-corrected chi connectivity index (χ1v) is 16.0. The molecule has 49 heavy (non-hydrogen) atoms. The summed E-state index contributed by atoms with van der Waals surface area (Å²) in [5, 5.41) is 3.41. The van der Waals surface area contributed by atoms with Crippen molar-refractivity contribution in [3.8, 4) is 11.1 Å². The number of esters is 3. The van der Waals surface area contributed by atoms with Crippen molar-refractivity contribution in [2.75, 3.05) is 39.2 Å². The van der Waals surface area contributed by atoms with Gasteiger partial charge in [0.2, 0.25) is 5.41 Å². The lowest BCUT2D eigenvalue weighted by molar-refractivity contribution is -0.170. The van der Waals surface area contributed by atoms with Crippen molar-refractivity contribution in [2.45, 2.75) is 25.7 Å². The smallest absolute Gasteiger partial charge is 0.331 e. The van der Waals surface area contributed by atoms with E-state index in [1.165, 1.54) is 17.0 Å². The predicted molar refractivity (Wildman–Crippen MR) is 185 cm³/mol. The summed E-state index contributed by atoms with van der Waals surface area (Å²) in [6, 6.07) is 26.9. The van der Waals surface area contributed by atoms with E-state index >= 15 is 0 Å². The first-order chi connectivity index (χ1) is 23.5. The van der Waals surface area contributed by atoms with Gasteiger partial charge in [0.15, 0.2) is 0 Å². The maximum Gasteiger partial charge on any atom is 0.331 e. The Morgan fingerprint density at radius 1 is 0.735 bits per heavy atom. The van der Waals surface area contributed by atoms with Gasteiger partial charge in [0.25, 0.3) is 11.8 Å². The number of rotatable bonds is 13. The van der Waals surface area contributed by atoms with Crippen LogP contribution in [0.5, 0.6) is 0 Å². The van der Waals surface area contributed by atoms with Gasteiger partial charge in [-0.25, -0.2) is 0 Å². The van der Waals surface area contributed by atoms with E-state index in [-0.39, 0.29) is 36.4 Å². The highest BCUT2D eigenvalue weighted by Crippen LogP contribution is 2.30. The Kier molecular flexibility index (Phi) is 12.3. The van der Waals surface area contributed by atoms with E-state index in [9.17, 15) is 24.0 Å². The summed E-state index contributed by atoms with van der Waals surface area (Å²) >= 11 is 6.06. The van der Waals surface area contributed by atoms with E-state index in [1.54, 1.807) is 88.6 Å². The second kappa shape index (κ2) is 16.6. The highest BCUT2D eigenvalue weighted by Gasteiger charge is 2.52. The normalized spacial score (nSPS) is 10.9. The number of benzene rings is 4. The monoisotopic (exact) mass is 684 g/mol. The Bertz CT molecular complexity index is 1810. The Balaban J connectivity index is 1.60. The summed E-state index contributed by atoms with van der Waals surface area (Å²) in [5.74, 6) is -3.45. The summed E-state index contributed by atoms with van der Waals surface area (Å²) in [6.07, 6.45) is -0.308. The van der Waals surface area contributed by atoms with Crippen LogP contribution >= 0.6 is 11.6 Å². The minimum atomic E-state index is -2.05.